The number of phenolic OH excluding ortho intramolecular Hbond substituents is 1. The van der Waals surface area contributed by atoms with Gasteiger partial charge < -0.3 is 63.8 Å². The summed E-state index contributed by atoms with van der Waals surface area (Å²) >= 11 is 0. The van der Waals surface area contributed by atoms with E-state index in [-0.39, 0.29) is 37.5 Å². The maximum atomic E-state index is 13.8. The largest absolute Gasteiger partial charge is 0.508 e. The van der Waals surface area contributed by atoms with Gasteiger partial charge in [0.15, 0.2) is 5.96 Å². The minimum Gasteiger partial charge on any atom is -0.508 e. The van der Waals surface area contributed by atoms with Gasteiger partial charge in [-0.1, -0.05) is 46.2 Å². The molecule has 15 N–H and O–H groups in total. The van der Waals surface area contributed by atoms with E-state index < -0.39 is 121 Å². The first-order valence-electron chi connectivity index (χ1n) is 18.5. The second kappa shape index (κ2) is 24.5. The lowest BCUT2D eigenvalue weighted by Gasteiger charge is -2.29. The third-order valence-electron chi connectivity index (χ3n) is 8.93. The summed E-state index contributed by atoms with van der Waals surface area (Å²) in [5.41, 5.74) is 11.9. The van der Waals surface area contributed by atoms with Crippen molar-refractivity contribution in [2.75, 3.05) is 6.54 Å². The zero-order valence-electron chi connectivity index (χ0n) is 32.5. The van der Waals surface area contributed by atoms with Crippen LogP contribution in [0, 0.1) is 17.2 Å². The van der Waals surface area contributed by atoms with Crippen LogP contribution in [0.25, 0.3) is 0 Å². The number of hydrogen-bond acceptors (Lipinski definition) is 11. The van der Waals surface area contributed by atoms with Crippen molar-refractivity contribution in [1.82, 2.24) is 31.9 Å². The number of phenols is 1. The van der Waals surface area contributed by atoms with Crippen LogP contribution in [-0.2, 0) is 44.8 Å². The van der Waals surface area contributed by atoms with Gasteiger partial charge >= 0.3 is 17.9 Å². The first-order chi connectivity index (χ1) is 26.7. The van der Waals surface area contributed by atoms with E-state index in [0.717, 1.165) is 0 Å². The zero-order chi connectivity index (χ0) is 43.4. The molecule has 0 aliphatic heterocycles. The molecular formula is C36H57N9O12. The van der Waals surface area contributed by atoms with Crippen LogP contribution in [0.4, 0.5) is 0 Å². The molecule has 318 valence electrons. The van der Waals surface area contributed by atoms with E-state index in [4.69, 9.17) is 16.9 Å². The molecule has 57 heavy (non-hydrogen) atoms. The van der Waals surface area contributed by atoms with Gasteiger partial charge in [0.1, 0.15) is 36.0 Å². The van der Waals surface area contributed by atoms with Gasteiger partial charge in [0.2, 0.25) is 29.5 Å². The fourth-order valence-electron chi connectivity index (χ4n) is 5.39. The highest BCUT2D eigenvalue weighted by Gasteiger charge is 2.35. The fraction of sp³-hybridized carbons (Fsp3) is 0.583. The number of carboxylic acid groups (broad SMARTS) is 3. The number of nitrogens with one attached hydrogen (secondary N) is 7. The normalized spacial score (nSPS) is 14.6. The Morgan fingerprint density at radius 1 is 0.684 bits per heavy atom. The molecule has 7 atom stereocenters. The van der Waals surface area contributed by atoms with Crippen LogP contribution >= 0.6 is 0 Å². The summed E-state index contributed by atoms with van der Waals surface area (Å²) in [6.45, 7) is 6.61. The third kappa shape index (κ3) is 18.5. The summed E-state index contributed by atoms with van der Waals surface area (Å²) in [7, 11) is 0. The number of guanidine groups is 1. The summed E-state index contributed by atoms with van der Waals surface area (Å²) in [6, 6.07) is -2.50. The summed E-state index contributed by atoms with van der Waals surface area (Å²) in [5, 5.41) is 59.9. The summed E-state index contributed by atoms with van der Waals surface area (Å²) < 4.78 is 0. The minimum absolute atomic E-state index is 0.0145. The van der Waals surface area contributed by atoms with Crippen LogP contribution in [0.15, 0.2) is 24.3 Å². The Morgan fingerprint density at radius 2 is 1.14 bits per heavy atom. The van der Waals surface area contributed by atoms with Gasteiger partial charge in [0.25, 0.3) is 0 Å². The van der Waals surface area contributed by atoms with E-state index in [0.29, 0.717) is 12.0 Å². The van der Waals surface area contributed by atoms with Crippen LogP contribution in [0.1, 0.15) is 78.2 Å². The average molecular weight is 808 g/mol. The van der Waals surface area contributed by atoms with Crippen LogP contribution < -0.4 is 43.4 Å². The van der Waals surface area contributed by atoms with Crippen LogP contribution in [0.3, 0.4) is 0 Å². The predicted octanol–water partition coefficient (Wildman–Crippen LogP) is -1.53. The molecule has 0 unspecified atom stereocenters. The third-order valence-corrected chi connectivity index (χ3v) is 8.93. The van der Waals surface area contributed by atoms with Crippen molar-refractivity contribution in [3.05, 3.63) is 29.8 Å². The number of carboxylic acids is 3. The lowest BCUT2D eigenvalue weighted by molar-refractivity contribution is -0.143. The Balaban J connectivity index is 3.33. The van der Waals surface area contributed by atoms with E-state index in [9.17, 15) is 58.8 Å². The van der Waals surface area contributed by atoms with Gasteiger partial charge in [-0.15, -0.1) is 0 Å². The van der Waals surface area contributed by atoms with Crippen molar-refractivity contribution < 1.29 is 58.8 Å². The highest BCUT2D eigenvalue weighted by atomic mass is 16.4. The Bertz CT molecular complexity index is 1570. The summed E-state index contributed by atoms with van der Waals surface area (Å²) in [4.78, 5) is 102. The maximum absolute atomic E-state index is 13.8. The van der Waals surface area contributed by atoms with Crippen molar-refractivity contribution in [3.8, 4) is 5.75 Å². The predicted molar refractivity (Wildman–Crippen MR) is 204 cm³/mol. The van der Waals surface area contributed by atoms with Crippen LogP contribution in [0.5, 0.6) is 5.75 Å². The van der Waals surface area contributed by atoms with Crippen molar-refractivity contribution in [2.24, 2.45) is 23.3 Å². The summed E-state index contributed by atoms with van der Waals surface area (Å²) in [6.07, 6.45) is -1.68. The van der Waals surface area contributed by atoms with Gasteiger partial charge in [0.05, 0.1) is 6.04 Å². The molecule has 0 aromatic heterocycles. The minimum atomic E-state index is -1.61. The van der Waals surface area contributed by atoms with Gasteiger partial charge in [-0.3, -0.25) is 39.0 Å². The lowest BCUT2D eigenvalue weighted by Crippen LogP contribution is -2.60. The van der Waals surface area contributed by atoms with Gasteiger partial charge in [0, 0.05) is 19.4 Å². The van der Waals surface area contributed by atoms with Crippen LogP contribution in [-0.4, -0.2) is 117 Å². The summed E-state index contributed by atoms with van der Waals surface area (Å²) in [5.74, 6) is -9.98. The molecule has 5 amide bonds. The number of hydrogen-bond donors (Lipinski definition) is 13. The number of carbonyl (C=O) groups excluding carboxylic acids is 5. The van der Waals surface area contributed by atoms with Gasteiger partial charge in [-0.25, -0.2) is 4.79 Å². The number of aliphatic carboxylic acids is 3. The quantitative estimate of drug-likeness (QED) is 0.0287. The van der Waals surface area contributed by atoms with Crippen molar-refractivity contribution in [2.45, 2.75) is 115 Å². The van der Waals surface area contributed by atoms with E-state index >= 15 is 0 Å². The Morgan fingerprint density at radius 3 is 1.60 bits per heavy atom. The molecule has 0 heterocycles. The Labute approximate surface area is 330 Å². The monoisotopic (exact) mass is 807 g/mol. The number of rotatable bonds is 26. The average Bonchev–Trinajstić information content (AvgIpc) is 3.13. The Kier molecular flexibility index (Phi) is 21.1. The van der Waals surface area contributed by atoms with E-state index in [1.165, 1.54) is 24.3 Å². The first kappa shape index (κ1) is 49.0. The van der Waals surface area contributed by atoms with Gasteiger partial charge in [-0.2, -0.15) is 0 Å². The van der Waals surface area contributed by atoms with Gasteiger partial charge in [-0.05, 0) is 61.6 Å². The van der Waals surface area contributed by atoms with Crippen molar-refractivity contribution >= 4 is 53.4 Å². The number of nitrogens with two attached hydrogens (primary N) is 2. The molecule has 0 bridgehead atoms. The SMILES string of the molecule is CC[C@H](C)[C@H](NC(=O)[C@H](CCC(=O)O)NC(=O)[C@H](CCC(=O)O)NC(=O)[C@@H](N)Cc1ccc(O)cc1)C(=O)N[C@@H](CCCNC(=N)N)C(=O)N[C@H](C(=O)O)C(C)C. The molecule has 0 aliphatic carbocycles. The van der Waals surface area contributed by atoms with E-state index in [1.54, 1.807) is 27.7 Å². The molecular weight excluding hydrogens is 750 g/mol. The fourth-order valence-corrected chi connectivity index (χ4v) is 5.39. The highest BCUT2D eigenvalue weighted by molar-refractivity contribution is 5.96. The molecule has 21 heteroatoms. The molecule has 1 rings (SSSR count). The molecule has 0 fully saturated rings. The maximum Gasteiger partial charge on any atom is 0.326 e. The number of benzene rings is 1. The lowest BCUT2D eigenvalue weighted by atomic mass is 9.96. The molecule has 0 saturated carbocycles. The number of aromatic hydroxyl groups is 1. The smallest absolute Gasteiger partial charge is 0.326 e. The molecule has 0 aliphatic rings. The molecule has 0 saturated heterocycles. The second-order valence-corrected chi connectivity index (χ2v) is 13.9. The highest BCUT2D eigenvalue weighted by Crippen LogP contribution is 2.14. The standard InChI is InChI=1S/C36H57N9O12/c1-5-19(4)29(34(55)43-23(7-6-16-40-36(38)39)32(53)44-28(18(2)3)35(56)57)45-33(54)25(13-15-27(49)50)42-31(52)24(12-14-26(47)48)41-30(51)22(37)17-20-8-10-21(46)11-9-20/h8-11,18-19,22-25,28-29,46H,5-7,12-17,37H2,1-4H3,(H,41,51)(H,42,52)(H,43,55)(H,44,53)(H,45,54)(H,47,48)(H,49,50)(H,56,57)(H4,38,39,40)/t19-,22-,23-,24-,25-,28-,29-/m0/s1. The van der Waals surface area contributed by atoms with Crippen molar-refractivity contribution in [3.63, 3.8) is 0 Å². The molecule has 0 spiro atoms. The zero-order valence-corrected chi connectivity index (χ0v) is 32.5. The molecule has 21 nitrogen and oxygen atoms in total. The molecule has 1 aromatic carbocycles. The Hall–Kier alpha value is -5.99. The number of amides is 5. The van der Waals surface area contributed by atoms with E-state index in [2.05, 4.69) is 31.9 Å². The van der Waals surface area contributed by atoms with Crippen molar-refractivity contribution in [1.29, 1.82) is 5.41 Å². The number of carbonyl (C=O) groups is 8. The topological polar surface area (TPSA) is 366 Å². The van der Waals surface area contributed by atoms with E-state index in [1.807, 2.05) is 0 Å². The molecule has 1 aromatic rings. The second-order valence-electron chi connectivity index (χ2n) is 13.9. The first-order valence-corrected chi connectivity index (χ1v) is 18.5. The van der Waals surface area contributed by atoms with Crippen LogP contribution in [0.2, 0.25) is 0 Å². The molecule has 0 radical (unpaired) electrons.